The van der Waals surface area contributed by atoms with Gasteiger partial charge in [-0.3, -0.25) is 4.72 Å². The highest BCUT2D eigenvalue weighted by atomic mass is 79.9. The fraction of sp³-hybridized carbons (Fsp3) is 0.0769. The van der Waals surface area contributed by atoms with Crippen molar-refractivity contribution in [3.63, 3.8) is 0 Å². The van der Waals surface area contributed by atoms with Crippen molar-refractivity contribution in [2.45, 2.75) is 5.75 Å². The second-order valence-corrected chi connectivity index (χ2v) is 6.55. The third-order valence-corrected chi connectivity index (χ3v) is 4.26. The van der Waals surface area contributed by atoms with E-state index in [1.54, 1.807) is 24.3 Å². The van der Waals surface area contributed by atoms with Crippen LogP contribution in [-0.2, 0) is 15.8 Å². The van der Waals surface area contributed by atoms with Crippen molar-refractivity contribution in [1.29, 1.82) is 0 Å². The van der Waals surface area contributed by atoms with Crippen LogP contribution in [0.25, 0.3) is 0 Å². The SMILES string of the molecule is O=S(=O)(Cc1ccccc1)Nc1ccc(F)c(Br)c1. The number of sulfonamides is 1. The highest BCUT2D eigenvalue weighted by Gasteiger charge is 2.12. The topological polar surface area (TPSA) is 46.2 Å². The molecule has 3 nitrogen and oxygen atoms in total. The first-order valence-electron chi connectivity index (χ1n) is 5.46. The molecule has 2 aromatic carbocycles. The Morgan fingerprint density at radius 1 is 1.11 bits per heavy atom. The van der Waals surface area contributed by atoms with Crippen LogP contribution in [0.3, 0.4) is 0 Å². The van der Waals surface area contributed by atoms with E-state index >= 15 is 0 Å². The van der Waals surface area contributed by atoms with Gasteiger partial charge in [0.25, 0.3) is 0 Å². The van der Waals surface area contributed by atoms with E-state index in [0.717, 1.165) is 0 Å². The van der Waals surface area contributed by atoms with E-state index in [9.17, 15) is 12.8 Å². The molecule has 2 rings (SSSR count). The zero-order valence-corrected chi connectivity index (χ0v) is 12.2. The minimum atomic E-state index is -3.51. The van der Waals surface area contributed by atoms with Crippen molar-refractivity contribution < 1.29 is 12.8 Å². The van der Waals surface area contributed by atoms with E-state index in [1.165, 1.54) is 18.2 Å². The number of hydrogen-bond acceptors (Lipinski definition) is 2. The summed E-state index contributed by atoms with van der Waals surface area (Å²) in [6.07, 6.45) is 0. The maximum Gasteiger partial charge on any atom is 0.236 e. The van der Waals surface area contributed by atoms with Crippen LogP contribution in [-0.4, -0.2) is 8.42 Å². The lowest BCUT2D eigenvalue weighted by Crippen LogP contribution is -2.15. The van der Waals surface area contributed by atoms with Crippen molar-refractivity contribution in [1.82, 2.24) is 0 Å². The summed E-state index contributed by atoms with van der Waals surface area (Å²) in [7, 11) is -3.51. The molecule has 0 aromatic heterocycles. The molecule has 0 radical (unpaired) electrons. The average molecular weight is 344 g/mol. The Balaban J connectivity index is 2.15. The van der Waals surface area contributed by atoms with Crippen LogP contribution in [0.2, 0.25) is 0 Å². The lowest BCUT2D eigenvalue weighted by atomic mass is 10.2. The number of nitrogens with one attached hydrogen (secondary N) is 1. The largest absolute Gasteiger partial charge is 0.283 e. The van der Waals surface area contributed by atoms with Gasteiger partial charge in [-0.15, -0.1) is 0 Å². The molecule has 0 aliphatic heterocycles. The summed E-state index contributed by atoms with van der Waals surface area (Å²) in [4.78, 5) is 0. The van der Waals surface area contributed by atoms with Crippen LogP contribution >= 0.6 is 15.9 Å². The number of halogens is 2. The molecule has 0 saturated heterocycles. The molecule has 0 amide bonds. The third-order valence-electron chi connectivity index (χ3n) is 2.39. The molecule has 0 saturated carbocycles. The Bertz CT molecular complexity index is 674. The third kappa shape index (κ3) is 4.04. The lowest BCUT2D eigenvalue weighted by Gasteiger charge is -2.08. The zero-order chi connectivity index (χ0) is 13.9. The highest BCUT2D eigenvalue weighted by Crippen LogP contribution is 2.21. The molecule has 0 fully saturated rings. The fourth-order valence-electron chi connectivity index (χ4n) is 1.57. The summed E-state index contributed by atoms with van der Waals surface area (Å²) in [6.45, 7) is 0. The number of anilines is 1. The van der Waals surface area contributed by atoms with E-state index in [0.29, 0.717) is 11.3 Å². The first-order chi connectivity index (χ1) is 8.96. The first kappa shape index (κ1) is 14.0. The maximum absolute atomic E-state index is 13.1. The molecule has 0 atom stereocenters. The summed E-state index contributed by atoms with van der Waals surface area (Å²) in [5.41, 5.74) is 1.01. The molecule has 0 unspecified atom stereocenters. The molecule has 100 valence electrons. The minimum absolute atomic E-state index is 0.122. The molecule has 0 heterocycles. The second-order valence-electron chi connectivity index (χ2n) is 3.98. The van der Waals surface area contributed by atoms with Gasteiger partial charge in [0.1, 0.15) is 5.82 Å². The molecule has 0 bridgehead atoms. The summed E-state index contributed by atoms with van der Waals surface area (Å²) in [6, 6.07) is 12.8. The van der Waals surface area contributed by atoms with Crippen molar-refractivity contribution in [3.05, 3.63) is 64.4 Å². The zero-order valence-electron chi connectivity index (χ0n) is 9.81. The van der Waals surface area contributed by atoms with Gasteiger partial charge in [0.05, 0.1) is 10.2 Å². The van der Waals surface area contributed by atoms with Crippen molar-refractivity contribution in [2.75, 3.05) is 4.72 Å². The molecular weight excluding hydrogens is 333 g/mol. The quantitative estimate of drug-likeness (QED) is 0.922. The van der Waals surface area contributed by atoms with Crippen LogP contribution < -0.4 is 4.72 Å². The van der Waals surface area contributed by atoms with Crippen LogP contribution in [0.5, 0.6) is 0 Å². The maximum atomic E-state index is 13.1. The van der Waals surface area contributed by atoms with Gasteiger partial charge < -0.3 is 0 Å². The summed E-state index contributed by atoms with van der Waals surface area (Å²) >= 11 is 3.01. The van der Waals surface area contributed by atoms with E-state index in [2.05, 4.69) is 20.7 Å². The van der Waals surface area contributed by atoms with E-state index in [-0.39, 0.29) is 10.2 Å². The Hall–Kier alpha value is -1.40. The van der Waals surface area contributed by atoms with Gasteiger partial charge in [-0.1, -0.05) is 30.3 Å². The Morgan fingerprint density at radius 2 is 1.79 bits per heavy atom. The standard InChI is InChI=1S/C13H11BrFNO2S/c14-12-8-11(6-7-13(12)15)16-19(17,18)9-10-4-2-1-3-5-10/h1-8,16H,9H2. The molecule has 0 spiro atoms. The van der Waals surface area contributed by atoms with Crippen LogP contribution in [0.15, 0.2) is 53.0 Å². The lowest BCUT2D eigenvalue weighted by molar-refractivity contribution is 0.600. The van der Waals surface area contributed by atoms with Crippen LogP contribution in [0.1, 0.15) is 5.56 Å². The fourth-order valence-corrected chi connectivity index (χ4v) is 3.14. The predicted molar refractivity (Wildman–Crippen MR) is 76.8 cm³/mol. The van der Waals surface area contributed by atoms with E-state index in [4.69, 9.17) is 0 Å². The van der Waals surface area contributed by atoms with Crippen molar-refractivity contribution in [2.24, 2.45) is 0 Å². The molecule has 0 aliphatic rings. The van der Waals surface area contributed by atoms with Gasteiger partial charge in [-0.25, -0.2) is 12.8 Å². The average Bonchev–Trinajstić information content (AvgIpc) is 2.34. The van der Waals surface area contributed by atoms with Gasteiger partial charge in [0, 0.05) is 5.69 Å². The predicted octanol–water partition coefficient (Wildman–Crippen LogP) is 3.53. The molecular formula is C13H11BrFNO2S. The molecule has 6 heteroatoms. The Morgan fingerprint density at radius 3 is 2.42 bits per heavy atom. The first-order valence-corrected chi connectivity index (χ1v) is 7.90. The van der Waals surface area contributed by atoms with Gasteiger partial charge in [0.15, 0.2) is 0 Å². The molecule has 2 aromatic rings. The van der Waals surface area contributed by atoms with Crippen molar-refractivity contribution >= 4 is 31.6 Å². The molecule has 19 heavy (non-hydrogen) atoms. The van der Waals surface area contributed by atoms with Crippen LogP contribution in [0, 0.1) is 5.82 Å². The van der Waals surface area contributed by atoms with E-state index in [1.807, 2.05) is 6.07 Å². The van der Waals surface area contributed by atoms with E-state index < -0.39 is 15.8 Å². The molecule has 0 aliphatic carbocycles. The smallest absolute Gasteiger partial charge is 0.236 e. The van der Waals surface area contributed by atoms with Crippen LogP contribution in [0.4, 0.5) is 10.1 Å². The normalized spacial score (nSPS) is 11.3. The number of hydrogen-bond donors (Lipinski definition) is 1. The Kier molecular flexibility index (Phi) is 4.21. The molecule has 1 N–H and O–H groups in total. The second kappa shape index (κ2) is 5.71. The van der Waals surface area contributed by atoms with Gasteiger partial charge in [-0.2, -0.15) is 0 Å². The van der Waals surface area contributed by atoms with Crippen molar-refractivity contribution in [3.8, 4) is 0 Å². The Labute approximate surface area is 119 Å². The number of rotatable bonds is 4. The summed E-state index contributed by atoms with van der Waals surface area (Å²) in [5.74, 6) is -0.561. The minimum Gasteiger partial charge on any atom is -0.283 e. The highest BCUT2D eigenvalue weighted by molar-refractivity contribution is 9.10. The monoisotopic (exact) mass is 343 g/mol. The summed E-state index contributed by atoms with van der Waals surface area (Å²) < 4.78 is 39.6. The van der Waals surface area contributed by atoms with Gasteiger partial charge >= 0.3 is 0 Å². The summed E-state index contributed by atoms with van der Waals surface area (Å²) in [5, 5.41) is 0. The van der Waals surface area contributed by atoms with Gasteiger partial charge in [-0.05, 0) is 39.7 Å². The number of benzene rings is 2. The van der Waals surface area contributed by atoms with Gasteiger partial charge in [0.2, 0.25) is 10.0 Å².